The minimum Gasteiger partial charge on any atom is -0.371 e. The lowest BCUT2D eigenvalue weighted by molar-refractivity contribution is -0.149. The molecule has 7 heterocycles. The van der Waals surface area contributed by atoms with Crippen LogP contribution in [0.15, 0.2) is 48.7 Å². The maximum Gasteiger partial charge on any atom is 0.262 e. The van der Waals surface area contributed by atoms with Gasteiger partial charge < -0.3 is 20.4 Å². The molecule has 310 valence electrons. The molecule has 2 aromatic carbocycles. The fraction of sp³-hybridized carbons (Fsp3) is 0.390. The number of H-pyrrole nitrogens is 1. The van der Waals surface area contributed by atoms with Crippen LogP contribution in [0.25, 0.3) is 11.0 Å². The minimum absolute atomic E-state index is 0.0193. The van der Waals surface area contributed by atoms with Gasteiger partial charge in [-0.1, -0.05) is 6.07 Å². The Balaban J connectivity index is 0.838. The van der Waals surface area contributed by atoms with Crippen LogP contribution in [-0.2, 0) is 20.9 Å². The zero-order valence-electron chi connectivity index (χ0n) is 33.0. The second-order valence-electron chi connectivity index (χ2n) is 15.7. The molecule has 9 rings (SSSR count). The van der Waals surface area contributed by atoms with Crippen molar-refractivity contribution in [2.45, 2.75) is 64.1 Å². The van der Waals surface area contributed by atoms with E-state index < -0.39 is 35.4 Å². The summed E-state index contributed by atoms with van der Waals surface area (Å²) >= 11 is 0. The number of carbonyl (C=O) groups is 5. The topological polar surface area (TPSA) is 195 Å². The lowest BCUT2D eigenvalue weighted by atomic mass is 9.93. The number of nitrogens with one attached hydrogen (secondary N) is 3. The maximum atomic E-state index is 14.5. The van der Waals surface area contributed by atoms with Gasteiger partial charge in [-0.25, -0.2) is 13.5 Å². The molecular formula is C41H42F2N12O5. The zero-order valence-corrected chi connectivity index (χ0v) is 33.0. The molecule has 5 amide bonds. The molecule has 0 bridgehead atoms. The van der Waals surface area contributed by atoms with Gasteiger partial charge in [-0.15, -0.1) is 0 Å². The molecule has 3 aromatic heterocycles. The molecule has 19 heteroatoms. The summed E-state index contributed by atoms with van der Waals surface area (Å²) < 4.78 is 29.8. The number of aromatic nitrogens is 6. The van der Waals surface area contributed by atoms with Crippen LogP contribution >= 0.6 is 0 Å². The van der Waals surface area contributed by atoms with Crippen molar-refractivity contribution in [1.29, 1.82) is 0 Å². The van der Waals surface area contributed by atoms with Gasteiger partial charge in [0, 0.05) is 81.2 Å². The first kappa shape index (κ1) is 38.7. The number of likely N-dealkylation sites (tertiary alicyclic amines) is 2. The molecule has 0 aliphatic carbocycles. The van der Waals surface area contributed by atoms with Crippen LogP contribution in [0.1, 0.15) is 76.5 Å². The van der Waals surface area contributed by atoms with Crippen LogP contribution < -0.4 is 15.5 Å². The summed E-state index contributed by atoms with van der Waals surface area (Å²) in [6.45, 7) is 4.14. The molecule has 3 fully saturated rings. The summed E-state index contributed by atoms with van der Waals surface area (Å²) in [6, 6.07) is 9.25. The van der Waals surface area contributed by atoms with Crippen LogP contribution in [0.4, 0.5) is 32.1 Å². The van der Waals surface area contributed by atoms with Crippen molar-refractivity contribution in [1.82, 2.24) is 44.6 Å². The first-order chi connectivity index (χ1) is 28.9. The van der Waals surface area contributed by atoms with E-state index in [9.17, 15) is 32.8 Å². The van der Waals surface area contributed by atoms with Crippen LogP contribution in [-0.4, -0.2) is 113 Å². The standard InChI is InChI=1S/C41H42F2N12O5/c1-22-17-33(50-49-22)46-35-30-21-45-55(36(30)48-41(47-35)44-20-24-3-4-25(42)18-31(24)43)26-11-15-53(16-12-26)37(57)23-9-13-52(14-10-23)27-5-6-28-29(19-27)39(59)54(38(28)58)32-7-8-34(56)51(2)40(32)60/h3-6,17-19,21,23,26,32H,7-16,20H2,1-2H3,(H3,44,46,47,48,49,50). The predicted molar refractivity (Wildman–Crippen MR) is 213 cm³/mol. The number of piperidine rings is 3. The highest BCUT2D eigenvalue weighted by Crippen LogP contribution is 2.35. The van der Waals surface area contributed by atoms with E-state index in [4.69, 9.17) is 10.1 Å². The number of anilines is 4. The van der Waals surface area contributed by atoms with E-state index in [1.165, 1.54) is 19.2 Å². The molecule has 5 aromatic rings. The summed E-state index contributed by atoms with van der Waals surface area (Å²) in [4.78, 5) is 80.8. The highest BCUT2D eigenvalue weighted by Gasteiger charge is 2.46. The average Bonchev–Trinajstić information content (AvgIpc) is 3.94. The number of aryl methyl sites for hydroxylation is 1. The summed E-state index contributed by atoms with van der Waals surface area (Å²) in [5, 5.41) is 18.8. The number of aromatic amines is 1. The third kappa shape index (κ3) is 7.06. The number of hydrogen-bond acceptors (Lipinski definition) is 12. The Hall–Kier alpha value is -6.79. The quantitative estimate of drug-likeness (QED) is 0.179. The fourth-order valence-corrected chi connectivity index (χ4v) is 8.65. The van der Waals surface area contributed by atoms with E-state index in [-0.39, 0.29) is 65.8 Å². The van der Waals surface area contributed by atoms with Crippen molar-refractivity contribution in [3.05, 3.63) is 82.7 Å². The molecule has 0 saturated carbocycles. The molecule has 3 N–H and O–H groups in total. The third-order valence-corrected chi connectivity index (χ3v) is 12.0. The number of imide groups is 2. The third-order valence-electron chi connectivity index (χ3n) is 12.0. The number of likely N-dealkylation sites (N-methyl/N-ethyl adjacent to an activating group) is 1. The summed E-state index contributed by atoms with van der Waals surface area (Å²) in [5.41, 5.74) is 2.88. The van der Waals surface area contributed by atoms with Crippen molar-refractivity contribution in [3.63, 3.8) is 0 Å². The Bertz CT molecular complexity index is 2560. The number of nitrogens with zero attached hydrogens (tertiary/aromatic N) is 9. The van der Waals surface area contributed by atoms with E-state index in [1.807, 2.05) is 22.6 Å². The van der Waals surface area contributed by atoms with Gasteiger partial charge in [0.1, 0.15) is 23.5 Å². The van der Waals surface area contributed by atoms with Crippen molar-refractivity contribution in [3.8, 4) is 0 Å². The molecule has 60 heavy (non-hydrogen) atoms. The smallest absolute Gasteiger partial charge is 0.262 e. The van der Waals surface area contributed by atoms with Gasteiger partial charge in [0.2, 0.25) is 17.8 Å². The summed E-state index contributed by atoms with van der Waals surface area (Å²) in [6.07, 6.45) is 4.40. The molecule has 3 saturated heterocycles. The lowest BCUT2D eigenvalue weighted by Crippen LogP contribution is -2.54. The van der Waals surface area contributed by atoms with Gasteiger partial charge in [0.25, 0.3) is 17.7 Å². The normalized spacial score (nSPS) is 19.2. The number of rotatable bonds is 9. The van der Waals surface area contributed by atoms with Gasteiger partial charge in [-0.2, -0.15) is 20.2 Å². The number of benzene rings is 2. The lowest BCUT2D eigenvalue weighted by Gasteiger charge is -2.38. The largest absolute Gasteiger partial charge is 0.371 e. The summed E-state index contributed by atoms with van der Waals surface area (Å²) in [7, 11) is 1.36. The van der Waals surface area contributed by atoms with Crippen LogP contribution in [0, 0.1) is 24.5 Å². The summed E-state index contributed by atoms with van der Waals surface area (Å²) in [5.74, 6) is -2.19. The van der Waals surface area contributed by atoms with E-state index >= 15 is 0 Å². The molecule has 4 aliphatic rings. The SMILES string of the molecule is Cc1cc(Nc2nc(NCc3ccc(F)cc3F)nc3c2cnn3C2CCN(C(=O)C3CCN(c4ccc5c(c4)C(=O)N(C4CCC(=O)N(C)C4=O)C5=O)CC3)CC2)n[nH]1. The predicted octanol–water partition coefficient (Wildman–Crippen LogP) is 4.32. The highest BCUT2D eigenvalue weighted by atomic mass is 19.1. The molecule has 4 aliphatic heterocycles. The van der Waals surface area contributed by atoms with Crippen LogP contribution in [0.2, 0.25) is 0 Å². The second-order valence-corrected chi connectivity index (χ2v) is 15.7. The van der Waals surface area contributed by atoms with Crippen molar-refractivity contribution >= 4 is 63.8 Å². The van der Waals surface area contributed by atoms with E-state index in [2.05, 4.69) is 30.7 Å². The molecule has 1 unspecified atom stereocenters. The van der Waals surface area contributed by atoms with E-state index in [0.717, 1.165) is 27.2 Å². The fourth-order valence-electron chi connectivity index (χ4n) is 8.65. The van der Waals surface area contributed by atoms with Gasteiger partial charge in [-0.3, -0.25) is 38.9 Å². The molecule has 17 nitrogen and oxygen atoms in total. The van der Waals surface area contributed by atoms with Crippen molar-refractivity contribution in [2.75, 3.05) is 48.8 Å². The van der Waals surface area contributed by atoms with Gasteiger partial charge in [0.15, 0.2) is 11.5 Å². The van der Waals surface area contributed by atoms with E-state index in [1.54, 1.807) is 24.4 Å². The Kier molecular flexibility index (Phi) is 9.95. The van der Waals surface area contributed by atoms with Gasteiger partial charge in [0.05, 0.1) is 28.8 Å². The molecule has 1 atom stereocenters. The zero-order chi connectivity index (χ0) is 41.8. The average molecular weight is 821 g/mol. The van der Waals surface area contributed by atoms with Gasteiger partial charge >= 0.3 is 0 Å². The Labute approximate surface area is 342 Å². The molecule has 0 spiro atoms. The Morgan fingerprint density at radius 1 is 0.900 bits per heavy atom. The monoisotopic (exact) mass is 820 g/mol. The minimum atomic E-state index is -1.01. The number of amides is 5. The number of fused-ring (bicyclic) bond motifs is 2. The maximum absolute atomic E-state index is 14.5. The van der Waals surface area contributed by atoms with Crippen molar-refractivity contribution < 1.29 is 32.8 Å². The Morgan fingerprint density at radius 2 is 1.67 bits per heavy atom. The van der Waals surface area contributed by atoms with Gasteiger partial charge in [-0.05, 0) is 63.3 Å². The Morgan fingerprint density at radius 3 is 2.40 bits per heavy atom. The molecular weight excluding hydrogens is 779 g/mol. The van der Waals surface area contributed by atoms with Crippen LogP contribution in [0.5, 0.6) is 0 Å². The highest BCUT2D eigenvalue weighted by molar-refractivity contribution is 6.23. The first-order valence-corrected chi connectivity index (χ1v) is 20.0. The second kappa shape index (κ2) is 15.4. The van der Waals surface area contributed by atoms with E-state index in [0.29, 0.717) is 74.5 Å². The van der Waals surface area contributed by atoms with Crippen molar-refractivity contribution in [2.24, 2.45) is 5.92 Å². The number of halogens is 2. The first-order valence-electron chi connectivity index (χ1n) is 20.0. The number of hydrogen-bond donors (Lipinski definition) is 3. The number of carbonyl (C=O) groups excluding carboxylic acids is 5. The van der Waals surface area contributed by atoms with Crippen LogP contribution in [0.3, 0.4) is 0 Å². The molecule has 0 radical (unpaired) electrons.